The molecule has 0 aliphatic carbocycles. The number of aromatic carboxylic acids is 1. The maximum atomic E-state index is 13.2. The number of sulfone groups is 1. The molecule has 204 valence electrons. The molecule has 0 aromatic heterocycles. The number of carboxylic acid groups (broad SMARTS) is 1. The molecule has 0 aliphatic heterocycles. The third kappa shape index (κ3) is 8.41. The van der Waals surface area contributed by atoms with Crippen LogP contribution in [0.15, 0.2) is 107 Å². The zero-order valence-corrected chi connectivity index (χ0v) is 22.5. The van der Waals surface area contributed by atoms with E-state index in [1.807, 2.05) is 6.07 Å². The van der Waals surface area contributed by atoms with Crippen LogP contribution in [0.1, 0.15) is 34.0 Å². The second-order valence-corrected chi connectivity index (χ2v) is 11.3. The Balaban J connectivity index is 0.00000441. The Morgan fingerprint density at radius 1 is 0.900 bits per heavy atom. The molecule has 0 saturated heterocycles. The number of nitrogens with one attached hydrogen (secondary N) is 1. The zero-order valence-electron chi connectivity index (χ0n) is 21.0. The summed E-state index contributed by atoms with van der Waals surface area (Å²) >= 11 is 5.97. The summed E-state index contributed by atoms with van der Waals surface area (Å²) < 4.78 is 32.2. The van der Waals surface area contributed by atoms with E-state index in [0.29, 0.717) is 18.1 Å². The van der Waals surface area contributed by atoms with E-state index in [-0.39, 0.29) is 56.4 Å². The molecule has 4 rings (SSSR count). The third-order valence-electron chi connectivity index (χ3n) is 6.08. The Bertz CT molecular complexity index is 1550. The van der Waals surface area contributed by atoms with E-state index in [2.05, 4.69) is 5.32 Å². The third-order valence-corrected chi connectivity index (χ3v) is 8.09. The van der Waals surface area contributed by atoms with Crippen molar-refractivity contribution in [2.45, 2.75) is 28.7 Å². The van der Waals surface area contributed by atoms with Gasteiger partial charge in [-0.05, 0) is 85.1 Å². The van der Waals surface area contributed by atoms with Gasteiger partial charge in [0.25, 0.3) is 0 Å². The second-order valence-electron chi connectivity index (χ2n) is 8.90. The van der Waals surface area contributed by atoms with E-state index in [4.69, 9.17) is 16.3 Å². The Labute approximate surface area is 261 Å². The second kappa shape index (κ2) is 14.8. The molecule has 4 aromatic rings. The van der Waals surface area contributed by atoms with Crippen molar-refractivity contribution in [3.8, 4) is 11.5 Å². The fourth-order valence-electron chi connectivity index (χ4n) is 4.02. The predicted molar refractivity (Wildman–Crippen MR) is 157 cm³/mol. The van der Waals surface area contributed by atoms with Crippen LogP contribution in [0.2, 0.25) is 5.02 Å². The van der Waals surface area contributed by atoms with Gasteiger partial charge in [-0.25, -0.2) is 13.2 Å². The zero-order chi connectivity index (χ0) is 27.8. The van der Waals surface area contributed by atoms with E-state index in [1.165, 1.54) is 24.3 Å². The van der Waals surface area contributed by atoms with Crippen molar-refractivity contribution in [3.05, 3.63) is 119 Å². The van der Waals surface area contributed by atoms with Crippen LogP contribution in [0.25, 0.3) is 0 Å². The van der Waals surface area contributed by atoms with Crippen molar-refractivity contribution in [2.75, 3.05) is 13.1 Å². The number of benzene rings is 4. The molecule has 0 spiro atoms. The first-order valence-corrected chi connectivity index (χ1v) is 14.2. The molecule has 0 bridgehead atoms. The number of aryl methyl sites for hydroxylation is 1. The summed E-state index contributed by atoms with van der Waals surface area (Å²) in [5, 5.41) is 23.4. The van der Waals surface area contributed by atoms with Gasteiger partial charge < -0.3 is 20.3 Å². The van der Waals surface area contributed by atoms with Gasteiger partial charge in [0.15, 0.2) is 0 Å². The molecule has 0 fully saturated rings. The quantitative estimate of drug-likeness (QED) is 0.152. The first kappa shape index (κ1) is 31.8. The molecular formula is C30H29ClNNaO6S. The SMILES string of the molecule is O=C(O)c1ccccc1Oc1cccc(S(=O)(=O)c2ccc(CCCNC[C@@H](O)c3cccc(Cl)c3)cc2)c1.[NaH]. The molecule has 0 saturated carbocycles. The fourth-order valence-corrected chi connectivity index (χ4v) is 5.52. The van der Waals surface area contributed by atoms with Crippen molar-refractivity contribution in [3.63, 3.8) is 0 Å². The Morgan fingerprint density at radius 2 is 1.62 bits per heavy atom. The summed E-state index contributed by atoms with van der Waals surface area (Å²) in [6.07, 6.45) is 0.905. The van der Waals surface area contributed by atoms with E-state index < -0.39 is 21.9 Å². The van der Waals surface area contributed by atoms with Crippen LogP contribution in [-0.2, 0) is 16.3 Å². The van der Waals surface area contributed by atoms with E-state index in [1.54, 1.807) is 66.7 Å². The average molecular weight is 590 g/mol. The van der Waals surface area contributed by atoms with Crippen LogP contribution >= 0.6 is 11.6 Å². The number of halogens is 1. The molecule has 0 radical (unpaired) electrons. The Morgan fingerprint density at radius 3 is 2.35 bits per heavy atom. The van der Waals surface area contributed by atoms with Gasteiger partial charge in [-0.1, -0.05) is 54.1 Å². The number of ether oxygens (including phenoxy) is 1. The number of rotatable bonds is 12. The van der Waals surface area contributed by atoms with Crippen LogP contribution in [0, 0.1) is 0 Å². The van der Waals surface area contributed by atoms with Crippen molar-refractivity contribution >= 4 is 57.0 Å². The number of carboxylic acids is 1. The number of aliphatic hydroxyl groups is 1. The standard InChI is InChI=1S/C30H28ClNO6S.Na.H/c31-23-8-3-7-22(18-23)28(33)20-32-17-5-6-21-13-15-25(16-14-21)39(36,37)26-10-4-9-24(19-26)38-29-12-2-1-11-27(29)30(34)35;;/h1-4,7-16,18-19,28,32-33H,5-6,17,20H2,(H,34,35);;/t28-;;/m1../s1. The van der Waals surface area contributed by atoms with Gasteiger partial charge in [-0.15, -0.1) is 0 Å². The van der Waals surface area contributed by atoms with E-state index in [0.717, 1.165) is 24.0 Å². The first-order valence-electron chi connectivity index (χ1n) is 12.3. The number of hydrogen-bond donors (Lipinski definition) is 3. The minimum absolute atomic E-state index is 0. The number of hydrogen-bond acceptors (Lipinski definition) is 6. The van der Waals surface area contributed by atoms with Crippen molar-refractivity contribution in [2.24, 2.45) is 0 Å². The van der Waals surface area contributed by atoms with Crippen molar-refractivity contribution in [1.29, 1.82) is 0 Å². The molecule has 0 aliphatic rings. The average Bonchev–Trinajstić information content (AvgIpc) is 2.93. The van der Waals surface area contributed by atoms with Crippen molar-refractivity contribution < 1.29 is 28.2 Å². The van der Waals surface area contributed by atoms with Crippen LogP contribution in [-0.4, -0.2) is 67.2 Å². The Kier molecular flexibility index (Phi) is 11.8. The topological polar surface area (TPSA) is 113 Å². The van der Waals surface area contributed by atoms with Crippen LogP contribution in [0.5, 0.6) is 11.5 Å². The molecule has 3 N–H and O–H groups in total. The first-order chi connectivity index (χ1) is 18.7. The number of carbonyl (C=O) groups is 1. The fraction of sp³-hybridized carbons (Fsp3) is 0.167. The summed E-state index contributed by atoms with van der Waals surface area (Å²) in [4.78, 5) is 11.6. The summed E-state index contributed by atoms with van der Waals surface area (Å²) in [5.41, 5.74) is 1.73. The van der Waals surface area contributed by atoms with Gasteiger partial charge in [-0.2, -0.15) is 0 Å². The predicted octanol–water partition coefficient (Wildman–Crippen LogP) is 5.27. The van der Waals surface area contributed by atoms with Crippen LogP contribution in [0.4, 0.5) is 0 Å². The van der Waals surface area contributed by atoms with Gasteiger partial charge in [0, 0.05) is 11.6 Å². The van der Waals surface area contributed by atoms with Crippen LogP contribution < -0.4 is 10.1 Å². The maximum absolute atomic E-state index is 13.2. The van der Waals surface area contributed by atoms with Gasteiger partial charge in [0.2, 0.25) is 9.84 Å². The molecule has 4 aromatic carbocycles. The van der Waals surface area contributed by atoms with Crippen molar-refractivity contribution in [1.82, 2.24) is 5.32 Å². The Hall–Kier alpha value is -2.69. The molecule has 1 atom stereocenters. The van der Waals surface area contributed by atoms with E-state index >= 15 is 0 Å². The monoisotopic (exact) mass is 589 g/mol. The molecule has 40 heavy (non-hydrogen) atoms. The molecule has 0 unspecified atom stereocenters. The summed E-state index contributed by atoms with van der Waals surface area (Å²) in [5.74, 6) is -0.799. The summed E-state index contributed by atoms with van der Waals surface area (Å²) in [6, 6.07) is 26.0. The summed E-state index contributed by atoms with van der Waals surface area (Å²) in [7, 11) is -3.81. The molecule has 7 nitrogen and oxygen atoms in total. The van der Waals surface area contributed by atoms with Gasteiger partial charge >= 0.3 is 35.5 Å². The molecule has 10 heteroatoms. The van der Waals surface area contributed by atoms with Crippen LogP contribution in [0.3, 0.4) is 0 Å². The van der Waals surface area contributed by atoms with Gasteiger partial charge in [0.05, 0.1) is 15.9 Å². The van der Waals surface area contributed by atoms with Gasteiger partial charge in [-0.3, -0.25) is 0 Å². The molecule has 0 amide bonds. The number of aliphatic hydroxyl groups excluding tert-OH is 1. The molecular weight excluding hydrogens is 561 g/mol. The molecule has 0 heterocycles. The van der Waals surface area contributed by atoms with E-state index in [9.17, 15) is 23.4 Å². The van der Waals surface area contributed by atoms with Gasteiger partial charge in [0.1, 0.15) is 17.1 Å². The normalized spacial score (nSPS) is 11.8. The summed E-state index contributed by atoms with van der Waals surface area (Å²) in [6.45, 7) is 1.09. The minimum atomic E-state index is -3.81. The number of para-hydroxylation sites is 1.